The van der Waals surface area contributed by atoms with Crippen LogP contribution in [0, 0.1) is 12.3 Å². The third-order valence-corrected chi connectivity index (χ3v) is 4.45. The Kier molecular flexibility index (Phi) is 3.20. The number of hydrogen-bond donors (Lipinski definition) is 1. The van der Waals surface area contributed by atoms with Crippen molar-refractivity contribution in [3.63, 3.8) is 0 Å². The summed E-state index contributed by atoms with van der Waals surface area (Å²) < 4.78 is 0. The number of aromatic nitrogens is 1. The highest BCUT2D eigenvalue weighted by Gasteiger charge is 2.41. The summed E-state index contributed by atoms with van der Waals surface area (Å²) in [5.41, 5.74) is 1.64. The molecule has 3 rings (SSSR count). The minimum absolute atomic E-state index is 0.0719. The molecule has 1 spiro atoms. The van der Waals surface area contributed by atoms with E-state index in [-0.39, 0.29) is 17.2 Å². The van der Waals surface area contributed by atoms with Gasteiger partial charge in [-0.05, 0) is 37.3 Å². The first-order valence-corrected chi connectivity index (χ1v) is 7.07. The van der Waals surface area contributed by atoms with Crippen molar-refractivity contribution >= 4 is 11.8 Å². The van der Waals surface area contributed by atoms with Crippen molar-refractivity contribution in [2.75, 3.05) is 19.6 Å². The summed E-state index contributed by atoms with van der Waals surface area (Å²) in [6, 6.07) is 3.59. The number of likely N-dealkylation sites (tertiary alicyclic amines) is 1. The molecule has 20 heavy (non-hydrogen) atoms. The lowest BCUT2D eigenvalue weighted by molar-refractivity contribution is -0.119. The van der Waals surface area contributed by atoms with E-state index in [1.807, 2.05) is 17.9 Å². The number of nitrogens with one attached hydrogen (secondary N) is 1. The summed E-state index contributed by atoms with van der Waals surface area (Å²) in [7, 11) is 0. The van der Waals surface area contributed by atoms with Gasteiger partial charge in [0.25, 0.3) is 5.91 Å². The van der Waals surface area contributed by atoms with Gasteiger partial charge in [-0.1, -0.05) is 0 Å². The molecule has 2 aliphatic rings. The van der Waals surface area contributed by atoms with Gasteiger partial charge in [-0.15, -0.1) is 0 Å². The molecule has 0 unspecified atom stereocenters. The number of nitrogens with zero attached hydrogens (tertiary/aromatic N) is 2. The number of rotatable bonds is 1. The Morgan fingerprint density at radius 1 is 1.40 bits per heavy atom. The van der Waals surface area contributed by atoms with Crippen LogP contribution >= 0.6 is 0 Å². The number of piperidine rings is 1. The van der Waals surface area contributed by atoms with E-state index in [1.54, 1.807) is 12.3 Å². The second-order valence-electron chi connectivity index (χ2n) is 5.93. The number of amides is 2. The predicted molar refractivity (Wildman–Crippen MR) is 74.2 cm³/mol. The molecule has 5 nitrogen and oxygen atoms in total. The van der Waals surface area contributed by atoms with Gasteiger partial charge in [0.2, 0.25) is 5.91 Å². The molecule has 0 aromatic carbocycles. The fourth-order valence-electron chi connectivity index (χ4n) is 3.15. The van der Waals surface area contributed by atoms with Crippen LogP contribution in [0.3, 0.4) is 0 Å². The predicted octanol–water partition coefficient (Wildman–Crippen LogP) is 1.13. The normalized spacial score (nSPS) is 21.1. The van der Waals surface area contributed by atoms with Crippen molar-refractivity contribution in [3.8, 4) is 0 Å². The van der Waals surface area contributed by atoms with Gasteiger partial charge in [0.1, 0.15) is 0 Å². The molecule has 1 aromatic rings. The number of hydrogen-bond acceptors (Lipinski definition) is 3. The van der Waals surface area contributed by atoms with E-state index in [2.05, 4.69) is 10.3 Å². The summed E-state index contributed by atoms with van der Waals surface area (Å²) in [4.78, 5) is 29.8. The summed E-state index contributed by atoms with van der Waals surface area (Å²) in [5, 5.41) is 2.91. The van der Waals surface area contributed by atoms with Gasteiger partial charge in [-0.2, -0.15) is 0 Å². The van der Waals surface area contributed by atoms with Crippen LogP contribution in [0.5, 0.6) is 0 Å². The lowest BCUT2D eigenvalue weighted by Crippen LogP contribution is -2.44. The highest BCUT2D eigenvalue weighted by Crippen LogP contribution is 2.37. The lowest BCUT2D eigenvalue weighted by atomic mass is 9.77. The highest BCUT2D eigenvalue weighted by molar-refractivity contribution is 5.94. The third-order valence-electron chi connectivity index (χ3n) is 4.45. The zero-order valence-corrected chi connectivity index (χ0v) is 11.7. The molecule has 0 atom stereocenters. The van der Waals surface area contributed by atoms with Crippen LogP contribution in [0.15, 0.2) is 18.3 Å². The van der Waals surface area contributed by atoms with Gasteiger partial charge in [0.15, 0.2) is 0 Å². The fourth-order valence-corrected chi connectivity index (χ4v) is 3.15. The lowest BCUT2D eigenvalue weighted by Gasteiger charge is -2.38. The molecule has 106 valence electrons. The van der Waals surface area contributed by atoms with Crippen LogP contribution in [-0.2, 0) is 4.79 Å². The maximum atomic E-state index is 12.4. The van der Waals surface area contributed by atoms with Gasteiger partial charge in [0, 0.05) is 43.5 Å². The largest absolute Gasteiger partial charge is 0.356 e. The van der Waals surface area contributed by atoms with Gasteiger partial charge in [-0.3, -0.25) is 14.6 Å². The zero-order valence-electron chi connectivity index (χ0n) is 11.7. The van der Waals surface area contributed by atoms with Crippen molar-refractivity contribution in [2.45, 2.75) is 26.2 Å². The average molecular weight is 273 g/mol. The van der Waals surface area contributed by atoms with Gasteiger partial charge in [0.05, 0.1) is 0 Å². The van der Waals surface area contributed by atoms with E-state index in [9.17, 15) is 9.59 Å². The molecule has 0 bridgehead atoms. The average Bonchev–Trinajstić information content (AvgIpc) is 2.80. The first-order chi connectivity index (χ1) is 9.58. The molecule has 0 radical (unpaired) electrons. The number of carbonyl (C=O) groups excluding carboxylic acids is 2. The Labute approximate surface area is 118 Å². The van der Waals surface area contributed by atoms with Gasteiger partial charge >= 0.3 is 0 Å². The summed E-state index contributed by atoms with van der Waals surface area (Å²) in [5.74, 6) is 0.220. The minimum atomic E-state index is 0.0719. The van der Waals surface area contributed by atoms with Crippen molar-refractivity contribution in [2.24, 2.45) is 5.41 Å². The number of aryl methyl sites for hydroxylation is 1. The molecular formula is C15H19N3O2. The monoisotopic (exact) mass is 273 g/mol. The topological polar surface area (TPSA) is 62.3 Å². The van der Waals surface area contributed by atoms with E-state index >= 15 is 0 Å². The van der Waals surface area contributed by atoms with E-state index in [0.717, 1.165) is 38.2 Å². The maximum absolute atomic E-state index is 12.4. The quantitative estimate of drug-likeness (QED) is 0.834. The Morgan fingerprint density at radius 3 is 2.75 bits per heavy atom. The van der Waals surface area contributed by atoms with Gasteiger partial charge in [-0.25, -0.2) is 0 Å². The molecule has 3 heterocycles. The minimum Gasteiger partial charge on any atom is -0.356 e. The molecule has 2 saturated heterocycles. The molecule has 2 fully saturated rings. The zero-order chi connectivity index (χ0) is 14.2. The van der Waals surface area contributed by atoms with Crippen LogP contribution in [-0.4, -0.2) is 41.3 Å². The molecular weight excluding hydrogens is 254 g/mol. The van der Waals surface area contributed by atoms with E-state index < -0.39 is 0 Å². The van der Waals surface area contributed by atoms with Crippen molar-refractivity contribution in [3.05, 3.63) is 29.6 Å². The van der Waals surface area contributed by atoms with Crippen LogP contribution < -0.4 is 5.32 Å². The SMILES string of the molecule is Cc1cc(C(=O)N2CCC3(CC2)CNC(=O)C3)ccn1. The van der Waals surface area contributed by atoms with Crippen molar-refractivity contribution in [1.82, 2.24) is 15.2 Å². The van der Waals surface area contributed by atoms with Crippen LogP contribution in [0.1, 0.15) is 35.3 Å². The third kappa shape index (κ3) is 2.40. The Morgan fingerprint density at radius 2 is 2.15 bits per heavy atom. The fraction of sp³-hybridized carbons (Fsp3) is 0.533. The summed E-state index contributed by atoms with van der Waals surface area (Å²) in [6.07, 6.45) is 4.10. The van der Waals surface area contributed by atoms with E-state index in [4.69, 9.17) is 0 Å². The Hall–Kier alpha value is -1.91. The molecule has 2 amide bonds. The summed E-state index contributed by atoms with van der Waals surface area (Å²) >= 11 is 0. The standard InChI is InChI=1S/C15H19N3O2/c1-11-8-12(2-5-16-11)14(20)18-6-3-15(4-7-18)9-13(19)17-10-15/h2,5,8H,3-4,6-7,9-10H2,1H3,(H,17,19). The molecule has 0 saturated carbocycles. The number of carbonyl (C=O) groups is 2. The van der Waals surface area contributed by atoms with E-state index in [0.29, 0.717) is 12.0 Å². The Balaban J connectivity index is 1.66. The molecule has 0 aliphatic carbocycles. The van der Waals surface area contributed by atoms with Crippen molar-refractivity contribution < 1.29 is 9.59 Å². The Bertz CT molecular complexity index is 548. The first kappa shape index (κ1) is 13.1. The highest BCUT2D eigenvalue weighted by atomic mass is 16.2. The summed E-state index contributed by atoms with van der Waals surface area (Å²) in [6.45, 7) is 4.12. The van der Waals surface area contributed by atoms with Crippen LogP contribution in [0.25, 0.3) is 0 Å². The van der Waals surface area contributed by atoms with Crippen LogP contribution in [0.4, 0.5) is 0 Å². The van der Waals surface area contributed by atoms with Gasteiger partial charge < -0.3 is 10.2 Å². The molecule has 5 heteroatoms. The van der Waals surface area contributed by atoms with Crippen molar-refractivity contribution in [1.29, 1.82) is 0 Å². The van der Waals surface area contributed by atoms with Crippen LogP contribution in [0.2, 0.25) is 0 Å². The molecule has 2 aliphatic heterocycles. The second kappa shape index (κ2) is 4.89. The van der Waals surface area contributed by atoms with E-state index in [1.165, 1.54) is 0 Å². The first-order valence-electron chi connectivity index (χ1n) is 7.07. The molecule has 1 N–H and O–H groups in total. The second-order valence-corrected chi connectivity index (χ2v) is 5.93. The number of pyridine rings is 1. The molecule has 1 aromatic heterocycles. The smallest absolute Gasteiger partial charge is 0.253 e. The maximum Gasteiger partial charge on any atom is 0.253 e.